The first-order chi connectivity index (χ1) is 15.3. The first-order valence-electron chi connectivity index (χ1n) is 10.1. The minimum Gasteiger partial charge on any atom is -0.351 e. The number of carbonyl (C=O) groups excluding carboxylic acids is 2. The van der Waals surface area contributed by atoms with Crippen LogP contribution in [0.3, 0.4) is 0 Å². The molecule has 1 aliphatic heterocycles. The van der Waals surface area contributed by atoms with Gasteiger partial charge in [-0.2, -0.15) is 0 Å². The van der Waals surface area contributed by atoms with Crippen LogP contribution in [0.25, 0.3) is 22.2 Å². The summed E-state index contributed by atoms with van der Waals surface area (Å²) >= 11 is 0. The summed E-state index contributed by atoms with van der Waals surface area (Å²) in [6.45, 7) is 4.75. The number of hydrogen-bond acceptors (Lipinski definition) is 4. The van der Waals surface area contributed by atoms with Gasteiger partial charge in [-0.05, 0) is 29.3 Å². The van der Waals surface area contributed by atoms with Crippen LogP contribution < -0.4 is 10.6 Å². The van der Waals surface area contributed by atoms with E-state index < -0.39 is 11.7 Å². The first-order valence-corrected chi connectivity index (χ1v) is 10.1. The van der Waals surface area contributed by atoms with Crippen molar-refractivity contribution in [2.75, 3.05) is 11.9 Å². The van der Waals surface area contributed by atoms with Gasteiger partial charge < -0.3 is 15.6 Å². The van der Waals surface area contributed by atoms with Crippen molar-refractivity contribution in [3.8, 4) is 11.1 Å². The Bertz CT molecular complexity index is 1390. The predicted octanol–water partition coefficient (Wildman–Crippen LogP) is 4.04. The minimum atomic E-state index is -0.534. The second-order valence-corrected chi connectivity index (χ2v) is 8.50. The summed E-state index contributed by atoms with van der Waals surface area (Å²) < 4.78 is 13.4. The van der Waals surface area contributed by atoms with Crippen molar-refractivity contribution >= 4 is 28.5 Å². The highest BCUT2D eigenvalue weighted by Gasteiger charge is 2.31. The molecule has 8 heteroatoms. The average Bonchev–Trinajstić information content (AvgIpc) is 3.20. The lowest BCUT2D eigenvalue weighted by Crippen LogP contribution is -2.43. The highest BCUT2D eigenvalue weighted by atomic mass is 19.1. The lowest BCUT2D eigenvalue weighted by molar-refractivity contribution is 0.0929. The van der Waals surface area contributed by atoms with E-state index in [4.69, 9.17) is 0 Å². The fourth-order valence-electron chi connectivity index (χ4n) is 4.01. The lowest BCUT2D eigenvalue weighted by Gasteiger charge is -2.32. The van der Waals surface area contributed by atoms with Crippen LogP contribution in [0, 0.1) is 5.82 Å². The Kier molecular flexibility index (Phi) is 4.51. The standard InChI is InChI=1S/C24H20FN5O2/c1-24(2)12-29-23(32)17-4-3-13(6-20(17)24)19-11-28-21-18(19)5-14(8-27-21)22(31)30-16-7-15(25)9-26-10-16/h3-11H,12H2,1-2H3,(H,27,28)(H,29,32)(H,30,31). The van der Waals surface area contributed by atoms with Crippen LogP contribution in [0.4, 0.5) is 10.1 Å². The van der Waals surface area contributed by atoms with Crippen LogP contribution in [-0.4, -0.2) is 33.3 Å². The van der Waals surface area contributed by atoms with E-state index in [2.05, 4.69) is 39.4 Å². The molecule has 0 radical (unpaired) electrons. The van der Waals surface area contributed by atoms with Crippen LogP contribution in [-0.2, 0) is 5.41 Å². The maximum Gasteiger partial charge on any atom is 0.257 e. The Morgan fingerprint density at radius 1 is 1.12 bits per heavy atom. The number of carbonyl (C=O) groups is 2. The molecule has 0 unspecified atom stereocenters. The Balaban J connectivity index is 1.54. The zero-order valence-corrected chi connectivity index (χ0v) is 17.5. The van der Waals surface area contributed by atoms with E-state index in [1.165, 1.54) is 18.5 Å². The molecule has 5 rings (SSSR count). The number of hydrogen-bond donors (Lipinski definition) is 3. The van der Waals surface area contributed by atoms with E-state index in [0.29, 0.717) is 23.3 Å². The second-order valence-electron chi connectivity index (χ2n) is 8.50. The third-order valence-electron chi connectivity index (χ3n) is 5.75. The van der Waals surface area contributed by atoms with E-state index >= 15 is 0 Å². The summed E-state index contributed by atoms with van der Waals surface area (Å²) in [5.41, 5.74) is 4.48. The second kappa shape index (κ2) is 7.26. The molecule has 7 nitrogen and oxygen atoms in total. The van der Waals surface area contributed by atoms with E-state index in [9.17, 15) is 14.0 Å². The molecule has 4 heterocycles. The highest BCUT2D eigenvalue weighted by molar-refractivity contribution is 6.07. The fourth-order valence-corrected chi connectivity index (χ4v) is 4.01. The summed E-state index contributed by atoms with van der Waals surface area (Å²) in [4.78, 5) is 36.2. The van der Waals surface area contributed by atoms with Crippen molar-refractivity contribution in [3.63, 3.8) is 0 Å². The molecule has 0 saturated heterocycles. The van der Waals surface area contributed by atoms with Crippen molar-refractivity contribution < 1.29 is 14.0 Å². The van der Waals surface area contributed by atoms with Crippen LogP contribution in [0.2, 0.25) is 0 Å². The molecule has 2 amide bonds. The lowest BCUT2D eigenvalue weighted by atomic mass is 9.78. The van der Waals surface area contributed by atoms with E-state index in [-0.39, 0.29) is 17.0 Å². The molecule has 3 aromatic heterocycles. The molecule has 0 spiro atoms. The Morgan fingerprint density at radius 2 is 1.97 bits per heavy atom. The van der Waals surface area contributed by atoms with Gasteiger partial charge in [0.05, 0.1) is 23.6 Å². The van der Waals surface area contributed by atoms with Gasteiger partial charge in [0, 0.05) is 46.9 Å². The smallest absolute Gasteiger partial charge is 0.257 e. The number of benzene rings is 1. The van der Waals surface area contributed by atoms with Gasteiger partial charge in [-0.25, -0.2) is 9.37 Å². The molecule has 0 fully saturated rings. The molecule has 0 aliphatic carbocycles. The Hall–Kier alpha value is -4.07. The number of H-pyrrole nitrogens is 1. The van der Waals surface area contributed by atoms with Crippen molar-refractivity contribution in [3.05, 3.63) is 77.6 Å². The molecule has 160 valence electrons. The van der Waals surface area contributed by atoms with Gasteiger partial charge in [0.25, 0.3) is 11.8 Å². The van der Waals surface area contributed by atoms with Gasteiger partial charge in [0.15, 0.2) is 0 Å². The van der Waals surface area contributed by atoms with Gasteiger partial charge in [-0.15, -0.1) is 0 Å². The van der Waals surface area contributed by atoms with Crippen LogP contribution in [0.5, 0.6) is 0 Å². The van der Waals surface area contributed by atoms with Crippen molar-refractivity contribution in [2.24, 2.45) is 0 Å². The van der Waals surface area contributed by atoms with Crippen molar-refractivity contribution in [1.82, 2.24) is 20.3 Å². The quantitative estimate of drug-likeness (QED) is 0.458. The number of nitrogens with zero attached hydrogens (tertiary/aromatic N) is 2. The maximum absolute atomic E-state index is 13.4. The molecule has 0 bridgehead atoms. The number of fused-ring (bicyclic) bond motifs is 2. The van der Waals surface area contributed by atoms with Gasteiger partial charge in [0.2, 0.25) is 0 Å². The SMILES string of the molecule is CC1(C)CNC(=O)c2ccc(-c3c[nH]c4ncc(C(=O)Nc5cncc(F)c5)cc34)cc21. The summed E-state index contributed by atoms with van der Waals surface area (Å²) in [5.74, 6) is -1.02. The number of aromatic amines is 1. The minimum absolute atomic E-state index is 0.0720. The third kappa shape index (κ3) is 3.39. The number of halogens is 1. The summed E-state index contributed by atoms with van der Waals surface area (Å²) in [5, 5.41) is 6.34. The van der Waals surface area contributed by atoms with Crippen LogP contribution in [0.1, 0.15) is 40.1 Å². The molecule has 32 heavy (non-hydrogen) atoms. The van der Waals surface area contributed by atoms with Gasteiger partial charge in [-0.1, -0.05) is 19.9 Å². The summed E-state index contributed by atoms with van der Waals surface area (Å²) in [6.07, 6.45) is 5.75. The highest BCUT2D eigenvalue weighted by Crippen LogP contribution is 2.35. The first kappa shape index (κ1) is 19.9. The number of rotatable bonds is 3. The maximum atomic E-state index is 13.4. The number of amides is 2. The van der Waals surface area contributed by atoms with Crippen LogP contribution in [0.15, 0.2) is 55.1 Å². The van der Waals surface area contributed by atoms with Gasteiger partial charge >= 0.3 is 0 Å². The largest absolute Gasteiger partial charge is 0.351 e. The molecule has 0 saturated carbocycles. The van der Waals surface area contributed by atoms with Crippen molar-refractivity contribution in [2.45, 2.75) is 19.3 Å². The van der Waals surface area contributed by atoms with E-state index in [1.807, 2.05) is 24.4 Å². The number of pyridine rings is 2. The van der Waals surface area contributed by atoms with E-state index in [1.54, 1.807) is 6.07 Å². The molecule has 1 aromatic carbocycles. The molecular formula is C24H20FN5O2. The number of anilines is 1. The zero-order chi connectivity index (χ0) is 22.5. The third-order valence-corrected chi connectivity index (χ3v) is 5.75. The Morgan fingerprint density at radius 3 is 2.78 bits per heavy atom. The topological polar surface area (TPSA) is 99.8 Å². The molecule has 1 aliphatic rings. The fraction of sp³-hybridized carbons (Fsp3) is 0.167. The molecule has 4 aromatic rings. The van der Waals surface area contributed by atoms with E-state index in [0.717, 1.165) is 28.3 Å². The number of aromatic nitrogens is 3. The Labute approximate surface area is 183 Å². The summed E-state index contributed by atoms with van der Waals surface area (Å²) in [7, 11) is 0. The van der Waals surface area contributed by atoms with Gasteiger partial charge in [0.1, 0.15) is 11.5 Å². The molecule has 0 atom stereocenters. The average molecular weight is 429 g/mol. The zero-order valence-electron chi connectivity index (χ0n) is 17.5. The van der Waals surface area contributed by atoms with Gasteiger partial charge in [-0.3, -0.25) is 14.6 Å². The van der Waals surface area contributed by atoms with Crippen molar-refractivity contribution in [1.29, 1.82) is 0 Å². The molecule has 3 N–H and O–H groups in total. The molecular weight excluding hydrogens is 409 g/mol. The summed E-state index contributed by atoms with van der Waals surface area (Å²) in [6, 6.07) is 8.70. The number of nitrogens with one attached hydrogen (secondary N) is 3. The normalized spacial score (nSPS) is 14.7. The van der Waals surface area contributed by atoms with Crippen LogP contribution >= 0.6 is 0 Å². The monoisotopic (exact) mass is 429 g/mol. The predicted molar refractivity (Wildman–Crippen MR) is 119 cm³/mol.